The molecule has 2 N–H and O–H groups in total. The molecule has 1 fully saturated rings. The van der Waals surface area contributed by atoms with Crippen LogP contribution in [0.5, 0.6) is 0 Å². The average molecular weight is 299 g/mol. The molecule has 0 saturated heterocycles. The van der Waals surface area contributed by atoms with Crippen LogP contribution in [0, 0.1) is 27.7 Å². The molecule has 1 amide bonds. The van der Waals surface area contributed by atoms with Gasteiger partial charge in [0.2, 0.25) is 0 Å². The maximum Gasteiger partial charge on any atom is 0.285 e. The molecular weight excluding hydrogens is 284 g/mol. The molecule has 114 valence electrons. The van der Waals surface area contributed by atoms with Crippen LogP contribution in [0.1, 0.15) is 23.2 Å². The number of nitrogens with two attached hydrogens (primary N) is 1. The molecule has 0 aromatic heterocycles. The van der Waals surface area contributed by atoms with Crippen molar-refractivity contribution >= 4 is 11.6 Å². The smallest absolute Gasteiger partial charge is 0.285 e. The van der Waals surface area contributed by atoms with Gasteiger partial charge in [0.25, 0.3) is 11.6 Å². The zero-order chi connectivity index (χ0) is 15.7. The summed E-state index contributed by atoms with van der Waals surface area (Å²) in [5, 5.41) is 10.9. The van der Waals surface area contributed by atoms with Gasteiger partial charge in [-0.25, -0.2) is 8.78 Å². The van der Waals surface area contributed by atoms with Crippen molar-refractivity contribution in [1.82, 2.24) is 4.90 Å². The Labute approximate surface area is 119 Å². The summed E-state index contributed by atoms with van der Waals surface area (Å²) in [6.45, 7) is 0.213. The Balaban J connectivity index is 2.37. The van der Waals surface area contributed by atoms with E-state index in [0.29, 0.717) is 12.1 Å². The van der Waals surface area contributed by atoms with E-state index in [2.05, 4.69) is 0 Å². The van der Waals surface area contributed by atoms with Gasteiger partial charge in [0.1, 0.15) is 5.56 Å². The van der Waals surface area contributed by atoms with Crippen LogP contribution in [-0.2, 0) is 0 Å². The van der Waals surface area contributed by atoms with Crippen LogP contribution in [0.15, 0.2) is 12.1 Å². The SMILES string of the molecule is CN(C(=O)c1cc(F)c(F)cc1[N+](=O)[O-])C(CN)C1CC1. The molecule has 0 heterocycles. The first-order valence-electron chi connectivity index (χ1n) is 6.47. The number of likely N-dealkylation sites (N-methyl/N-ethyl adjacent to an activating group) is 1. The highest BCUT2D eigenvalue weighted by atomic mass is 19.2. The van der Waals surface area contributed by atoms with Gasteiger partial charge in [-0.3, -0.25) is 14.9 Å². The molecule has 21 heavy (non-hydrogen) atoms. The van der Waals surface area contributed by atoms with E-state index < -0.39 is 33.7 Å². The van der Waals surface area contributed by atoms with Crippen molar-refractivity contribution in [2.45, 2.75) is 18.9 Å². The minimum absolute atomic E-state index is 0.213. The molecule has 1 atom stereocenters. The van der Waals surface area contributed by atoms with Crippen molar-refractivity contribution < 1.29 is 18.5 Å². The zero-order valence-electron chi connectivity index (χ0n) is 11.4. The van der Waals surface area contributed by atoms with Crippen molar-refractivity contribution in [2.24, 2.45) is 11.7 Å². The van der Waals surface area contributed by atoms with Gasteiger partial charge < -0.3 is 10.6 Å². The summed E-state index contributed by atoms with van der Waals surface area (Å²) in [7, 11) is 1.46. The summed E-state index contributed by atoms with van der Waals surface area (Å²) in [5.41, 5.74) is 4.40. The Morgan fingerprint density at radius 1 is 1.48 bits per heavy atom. The fraction of sp³-hybridized carbons (Fsp3) is 0.462. The van der Waals surface area contributed by atoms with E-state index in [0.717, 1.165) is 12.8 Å². The Bertz CT molecular complexity index is 590. The van der Waals surface area contributed by atoms with E-state index in [-0.39, 0.29) is 18.5 Å². The largest absolute Gasteiger partial charge is 0.337 e. The quantitative estimate of drug-likeness (QED) is 0.661. The molecule has 1 aliphatic rings. The molecule has 0 spiro atoms. The Morgan fingerprint density at radius 3 is 2.52 bits per heavy atom. The standard InChI is InChI=1S/C13H15F2N3O3/c1-17(12(6-16)7-2-3-7)13(19)8-4-9(14)10(15)5-11(8)18(20)21/h4-5,7,12H,2-3,6,16H2,1H3. The lowest BCUT2D eigenvalue weighted by atomic mass is 10.1. The summed E-state index contributed by atoms with van der Waals surface area (Å²) in [6.07, 6.45) is 1.86. The van der Waals surface area contributed by atoms with Gasteiger partial charge in [-0.15, -0.1) is 0 Å². The van der Waals surface area contributed by atoms with E-state index in [1.807, 2.05) is 0 Å². The number of benzene rings is 1. The number of nitro groups is 1. The average Bonchev–Trinajstić information content (AvgIpc) is 3.25. The number of rotatable bonds is 5. The summed E-state index contributed by atoms with van der Waals surface area (Å²) in [4.78, 5) is 23.6. The van der Waals surface area contributed by atoms with Gasteiger partial charge in [-0.05, 0) is 24.8 Å². The monoisotopic (exact) mass is 299 g/mol. The molecule has 2 rings (SSSR count). The van der Waals surface area contributed by atoms with Gasteiger partial charge >= 0.3 is 0 Å². The Morgan fingerprint density at radius 2 is 2.05 bits per heavy atom. The minimum atomic E-state index is -1.36. The van der Waals surface area contributed by atoms with Crippen LogP contribution >= 0.6 is 0 Å². The van der Waals surface area contributed by atoms with E-state index in [1.54, 1.807) is 0 Å². The highest BCUT2D eigenvalue weighted by Gasteiger charge is 2.36. The second-order valence-corrected chi connectivity index (χ2v) is 5.10. The maximum absolute atomic E-state index is 13.3. The van der Waals surface area contributed by atoms with Crippen molar-refractivity contribution in [3.8, 4) is 0 Å². The Kier molecular flexibility index (Phi) is 4.17. The lowest BCUT2D eigenvalue weighted by molar-refractivity contribution is -0.385. The summed E-state index contributed by atoms with van der Waals surface area (Å²) in [6, 6.07) is 0.725. The number of hydrogen-bond donors (Lipinski definition) is 1. The molecule has 1 aromatic carbocycles. The van der Waals surface area contributed by atoms with Gasteiger partial charge in [-0.2, -0.15) is 0 Å². The topological polar surface area (TPSA) is 89.5 Å². The Hall–Kier alpha value is -2.09. The van der Waals surface area contributed by atoms with E-state index in [9.17, 15) is 23.7 Å². The second kappa shape index (κ2) is 5.72. The first kappa shape index (κ1) is 15.3. The molecular formula is C13H15F2N3O3. The third kappa shape index (κ3) is 2.99. The van der Waals surface area contributed by atoms with Crippen molar-refractivity contribution in [3.63, 3.8) is 0 Å². The number of nitrogens with zero attached hydrogens (tertiary/aromatic N) is 2. The third-order valence-corrected chi connectivity index (χ3v) is 3.69. The van der Waals surface area contributed by atoms with Crippen LogP contribution in [0.2, 0.25) is 0 Å². The van der Waals surface area contributed by atoms with Crippen LogP contribution < -0.4 is 5.73 Å². The summed E-state index contributed by atoms with van der Waals surface area (Å²) >= 11 is 0. The van der Waals surface area contributed by atoms with E-state index in [4.69, 9.17) is 5.73 Å². The van der Waals surface area contributed by atoms with Gasteiger partial charge in [0.05, 0.1) is 11.0 Å². The highest BCUT2D eigenvalue weighted by Crippen LogP contribution is 2.35. The summed E-state index contributed by atoms with van der Waals surface area (Å²) < 4.78 is 26.4. The molecule has 0 bridgehead atoms. The van der Waals surface area contributed by atoms with Gasteiger partial charge in [0, 0.05) is 19.6 Å². The molecule has 1 aliphatic carbocycles. The molecule has 0 aliphatic heterocycles. The van der Waals surface area contributed by atoms with Crippen molar-refractivity contribution in [2.75, 3.05) is 13.6 Å². The maximum atomic E-state index is 13.3. The molecule has 0 radical (unpaired) electrons. The number of hydrogen-bond acceptors (Lipinski definition) is 4. The number of nitro benzene ring substituents is 1. The molecule has 1 unspecified atom stereocenters. The fourth-order valence-corrected chi connectivity index (χ4v) is 2.35. The first-order valence-corrected chi connectivity index (χ1v) is 6.47. The number of halogens is 2. The number of amides is 1. The summed E-state index contributed by atoms with van der Waals surface area (Å²) in [5.74, 6) is -3.14. The fourth-order valence-electron chi connectivity index (χ4n) is 2.35. The molecule has 8 heteroatoms. The van der Waals surface area contributed by atoms with Crippen molar-refractivity contribution in [3.05, 3.63) is 39.4 Å². The molecule has 1 aromatic rings. The molecule has 6 nitrogen and oxygen atoms in total. The first-order chi connectivity index (χ1) is 9.86. The van der Waals surface area contributed by atoms with Crippen molar-refractivity contribution in [1.29, 1.82) is 0 Å². The predicted molar refractivity (Wildman–Crippen MR) is 70.7 cm³/mol. The third-order valence-electron chi connectivity index (χ3n) is 3.69. The van der Waals surface area contributed by atoms with Crippen LogP contribution in [0.25, 0.3) is 0 Å². The predicted octanol–water partition coefficient (Wildman–Crippen LogP) is 1.68. The minimum Gasteiger partial charge on any atom is -0.337 e. The van der Waals surface area contributed by atoms with Crippen LogP contribution in [0.3, 0.4) is 0 Å². The normalized spacial score (nSPS) is 15.6. The zero-order valence-corrected chi connectivity index (χ0v) is 11.4. The van der Waals surface area contributed by atoms with Gasteiger partial charge in [0.15, 0.2) is 11.6 Å². The van der Waals surface area contributed by atoms with Crippen LogP contribution in [-0.4, -0.2) is 35.4 Å². The second-order valence-electron chi connectivity index (χ2n) is 5.10. The highest BCUT2D eigenvalue weighted by molar-refractivity contribution is 5.98. The van der Waals surface area contributed by atoms with Gasteiger partial charge in [-0.1, -0.05) is 0 Å². The lowest BCUT2D eigenvalue weighted by Gasteiger charge is -2.27. The van der Waals surface area contributed by atoms with E-state index in [1.165, 1.54) is 11.9 Å². The number of carbonyl (C=O) groups is 1. The van der Waals surface area contributed by atoms with Crippen LogP contribution in [0.4, 0.5) is 14.5 Å². The lowest BCUT2D eigenvalue weighted by Crippen LogP contribution is -2.43. The van der Waals surface area contributed by atoms with E-state index >= 15 is 0 Å². The number of carbonyl (C=O) groups excluding carboxylic acids is 1. The molecule has 1 saturated carbocycles.